The lowest BCUT2D eigenvalue weighted by atomic mass is 10.2. The third kappa shape index (κ3) is 3.48. The summed E-state index contributed by atoms with van der Waals surface area (Å²) >= 11 is 2.75. The Morgan fingerprint density at radius 1 is 1.20 bits per heavy atom. The number of amides is 2. The molecule has 2 amide bonds. The Kier molecular flexibility index (Phi) is 4.80. The highest BCUT2D eigenvalue weighted by molar-refractivity contribution is 7.22. The van der Waals surface area contributed by atoms with Gasteiger partial charge in [-0.25, -0.2) is 9.97 Å². The molecule has 1 atom stereocenters. The summed E-state index contributed by atoms with van der Waals surface area (Å²) in [6.07, 6.45) is 6.58. The van der Waals surface area contributed by atoms with E-state index in [1.54, 1.807) is 22.0 Å². The van der Waals surface area contributed by atoms with E-state index in [-0.39, 0.29) is 11.8 Å². The minimum atomic E-state index is -0.506. The molecule has 3 aromatic heterocycles. The molecule has 0 saturated carbocycles. The molecule has 0 aliphatic carbocycles. The zero-order valence-corrected chi connectivity index (χ0v) is 17.7. The number of aryl methyl sites for hydroxylation is 1. The summed E-state index contributed by atoms with van der Waals surface area (Å²) in [5, 5.41) is 8.33. The molecule has 4 aromatic rings. The van der Waals surface area contributed by atoms with Gasteiger partial charge in [0, 0.05) is 25.4 Å². The summed E-state index contributed by atoms with van der Waals surface area (Å²) in [7, 11) is 1.84. The number of para-hydroxylation sites is 1. The van der Waals surface area contributed by atoms with Crippen LogP contribution in [0.1, 0.15) is 22.5 Å². The van der Waals surface area contributed by atoms with Crippen molar-refractivity contribution in [3.05, 3.63) is 47.7 Å². The molecule has 8 nitrogen and oxygen atoms in total. The van der Waals surface area contributed by atoms with Gasteiger partial charge in [-0.3, -0.25) is 14.3 Å². The summed E-state index contributed by atoms with van der Waals surface area (Å²) in [6.45, 7) is 0.552. The second-order valence-corrected chi connectivity index (χ2v) is 9.13. The number of benzene rings is 1. The van der Waals surface area contributed by atoms with Crippen molar-refractivity contribution in [3.63, 3.8) is 0 Å². The summed E-state index contributed by atoms with van der Waals surface area (Å²) in [6, 6.07) is 7.24. The fourth-order valence-corrected chi connectivity index (χ4v) is 5.29. The molecule has 1 aromatic carbocycles. The first kappa shape index (κ1) is 18.9. The highest BCUT2D eigenvalue weighted by Crippen LogP contribution is 2.29. The van der Waals surface area contributed by atoms with Crippen molar-refractivity contribution in [2.24, 2.45) is 7.05 Å². The van der Waals surface area contributed by atoms with Gasteiger partial charge in [0.1, 0.15) is 15.9 Å². The Morgan fingerprint density at radius 2 is 2.07 bits per heavy atom. The maximum Gasteiger partial charge on any atom is 0.266 e. The third-order valence-corrected chi connectivity index (χ3v) is 6.99. The van der Waals surface area contributed by atoms with Gasteiger partial charge in [-0.2, -0.15) is 5.10 Å². The predicted molar refractivity (Wildman–Crippen MR) is 117 cm³/mol. The van der Waals surface area contributed by atoms with E-state index in [4.69, 9.17) is 0 Å². The van der Waals surface area contributed by atoms with Crippen LogP contribution in [0.4, 0.5) is 5.13 Å². The number of nitrogens with zero attached hydrogens (tertiary/aromatic N) is 5. The van der Waals surface area contributed by atoms with E-state index in [0.717, 1.165) is 27.2 Å². The summed E-state index contributed by atoms with van der Waals surface area (Å²) in [4.78, 5) is 37.0. The topological polar surface area (TPSA) is 93.0 Å². The molecule has 1 aliphatic rings. The highest BCUT2D eigenvalue weighted by atomic mass is 32.1. The Labute approximate surface area is 180 Å². The average molecular weight is 439 g/mol. The summed E-state index contributed by atoms with van der Waals surface area (Å²) in [5.41, 5.74) is 1.72. The highest BCUT2D eigenvalue weighted by Gasteiger charge is 2.35. The SMILES string of the molecule is Cn1cc(-c2ncc(C(=O)N3CCCC3C(=O)Nc3nc4ccccc4s3)s2)cn1. The Morgan fingerprint density at radius 3 is 2.87 bits per heavy atom. The van der Waals surface area contributed by atoms with E-state index in [2.05, 4.69) is 20.4 Å². The molecular weight excluding hydrogens is 420 g/mol. The number of anilines is 1. The third-order valence-electron chi connectivity index (χ3n) is 5.01. The quantitative estimate of drug-likeness (QED) is 0.527. The van der Waals surface area contributed by atoms with Crippen molar-refractivity contribution in [1.29, 1.82) is 0 Å². The standard InChI is InChI=1S/C20H18N6O2S2/c1-25-11-12(9-22-25)18-21-10-16(29-18)19(28)26-8-4-6-14(26)17(27)24-20-23-13-5-2-3-7-15(13)30-20/h2-3,5,7,9-11,14H,4,6,8H2,1H3,(H,23,24,27). The number of aromatic nitrogens is 4. The molecular formula is C20H18N6O2S2. The Balaban J connectivity index is 1.32. The van der Waals surface area contributed by atoms with Gasteiger partial charge >= 0.3 is 0 Å². The van der Waals surface area contributed by atoms with Crippen molar-refractivity contribution in [3.8, 4) is 10.6 Å². The number of likely N-dealkylation sites (tertiary alicyclic amines) is 1. The zero-order valence-electron chi connectivity index (χ0n) is 16.1. The molecule has 1 unspecified atom stereocenters. The van der Waals surface area contributed by atoms with E-state index < -0.39 is 6.04 Å². The van der Waals surface area contributed by atoms with E-state index >= 15 is 0 Å². The second-order valence-electron chi connectivity index (χ2n) is 7.06. The molecule has 30 heavy (non-hydrogen) atoms. The molecule has 1 aliphatic heterocycles. The molecule has 0 radical (unpaired) electrons. The smallest absolute Gasteiger partial charge is 0.266 e. The van der Waals surface area contributed by atoms with Crippen molar-refractivity contribution >= 4 is 49.8 Å². The Bertz CT molecular complexity index is 1210. The van der Waals surface area contributed by atoms with Gasteiger partial charge < -0.3 is 10.2 Å². The van der Waals surface area contributed by atoms with Crippen LogP contribution >= 0.6 is 22.7 Å². The van der Waals surface area contributed by atoms with Crippen LogP contribution in [0, 0.1) is 0 Å². The van der Waals surface area contributed by atoms with Crippen molar-refractivity contribution < 1.29 is 9.59 Å². The van der Waals surface area contributed by atoms with Crippen LogP contribution in [-0.2, 0) is 11.8 Å². The van der Waals surface area contributed by atoms with Gasteiger partial charge in [0.25, 0.3) is 5.91 Å². The van der Waals surface area contributed by atoms with Crippen LogP contribution in [-0.4, -0.2) is 49.0 Å². The molecule has 10 heteroatoms. The number of fused-ring (bicyclic) bond motifs is 1. The van der Waals surface area contributed by atoms with Gasteiger partial charge in [-0.05, 0) is 25.0 Å². The van der Waals surface area contributed by atoms with Crippen LogP contribution in [0.3, 0.4) is 0 Å². The van der Waals surface area contributed by atoms with Crippen LogP contribution in [0.2, 0.25) is 0 Å². The normalized spacial score (nSPS) is 16.3. The minimum Gasteiger partial charge on any atom is -0.326 e. The number of hydrogen-bond donors (Lipinski definition) is 1. The maximum absolute atomic E-state index is 13.1. The Hall–Kier alpha value is -3.11. The molecule has 0 spiro atoms. The summed E-state index contributed by atoms with van der Waals surface area (Å²) < 4.78 is 2.71. The number of nitrogens with one attached hydrogen (secondary N) is 1. The molecule has 0 bridgehead atoms. The largest absolute Gasteiger partial charge is 0.326 e. The number of carbonyl (C=O) groups is 2. The van der Waals surface area contributed by atoms with E-state index in [1.165, 1.54) is 22.7 Å². The predicted octanol–water partition coefficient (Wildman–Crippen LogP) is 3.40. The minimum absolute atomic E-state index is 0.162. The number of thiazole rings is 2. The fraction of sp³-hybridized carbons (Fsp3) is 0.250. The van der Waals surface area contributed by atoms with Crippen molar-refractivity contribution in [2.45, 2.75) is 18.9 Å². The van der Waals surface area contributed by atoms with Gasteiger partial charge in [0.15, 0.2) is 5.13 Å². The zero-order chi connectivity index (χ0) is 20.7. The van der Waals surface area contributed by atoms with E-state index in [1.807, 2.05) is 37.5 Å². The van der Waals surface area contributed by atoms with Gasteiger partial charge in [0.2, 0.25) is 5.91 Å². The van der Waals surface area contributed by atoms with Crippen molar-refractivity contribution in [2.75, 3.05) is 11.9 Å². The van der Waals surface area contributed by atoms with E-state index in [0.29, 0.717) is 23.0 Å². The van der Waals surface area contributed by atoms with Gasteiger partial charge in [-0.1, -0.05) is 23.5 Å². The van der Waals surface area contributed by atoms with Gasteiger partial charge in [0.05, 0.1) is 22.6 Å². The first-order valence-corrected chi connectivity index (χ1v) is 11.1. The molecule has 4 heterocycles. The molecule has 1 N–H and O–H groups in total. The van der Waals surface area contributed by atoms with Crippen LogP contribution in [0.15, 0.2) is 42.9 Å². The molecule has 1 saturated heterocycles. The average Bonchev–Trinajstić information content (AvgIpc) is 3.51. The van der Waals surface area contributed by atoms with Crippen LogP contribution < -0.4 is 5.32 Å². The fourth-order valence-electron chi connectivity index (χ4n) is 3.58. The number of hydrogen-bond acceptors (Lipinski definition) is 7. The van der Waals surface area contributed by atoms with Crippen LogP contribution in [0.5, 0.6) is 0 Å². The van der Waals surface area contributed by atoms with Crippen LogP contribution in [0.25, 0.3) is 20.8 Å². The first-order chi connectivity index (χ1) is 14.6. The monoisotopic (exact) mass is 438 g/mol. The lowest BCUT2D eigenvalue weighted by molar-refractivity contribution is -0.119. The van der Waals surface area contributed by atoms with E-state index in [9.17, 15) is 9.59 Å². The molecule has 152 valence electrons. The molecule has 1 fully saturated rings. The first-order valence-electron chi connectivity index (χ1n) is 9.51. The lowest BCUT2D eigenvalue weighted by Crippen LogP contribution is -2.42. The molecule has 5 rings (SSSR count). The number of rotatable bonds is 4. The lowest BCUT2D eigenvalue weighted by Gasteiger charge is -2.22. The maximum atomic E-state index is 13.1. The second kappa shape index (κ2) is 7.62. The number of carbonyl (C=O) groups excluding carboxylic acids is 2. The van der Waals surface area contributed by atoms with Crippen molar-refractivity contribution in [1.82, 2.24) is 24.6 Å². The summed E-state index contributed by atoms with van der Waals surface area (Å²) in [5.74, 6) is -0.360. The van der Waals surface area contributed by atoms with Gasteiger partial charge in [-0.15, -0.1) is 11.3 Å².